The molecule has 1 atom stereocenters. The van der Waals surface area contributed by atoms with Crippen LogP contribution in [0.4, 0.5) is 45.3 Å². The molecular formula is C23H26F9N5O7. The van der Waals surface area contributed by atoms with Crippen LogP contribution < -0.4 is 5.32 Å². The van der Waals surface area contributed by atoms with Crippen molar-refractivity contribution in [1.29, 1.82) is 0 Å². The highest BCUT2D eigenvalue weighted by Crippen LogP contribution is 2.24. The molecule has 1 aliphatic heterocycles. The Hall–Kier alpha value is -4.27. The third-order valence-electron chi connectivity index (χ3n) is 4.47. The number of ether oxygens (including phenoxy) is 1. The summed E-state index contributed by atoms with van der Waals surface area (Å²) in [6, 6.07) is 8.29. The van der Waals surface area contributed by atoms with Crippen LogP contribution in [-0.2, 0) is 25.7 Å². The van der Waals surface area contributed by atoms with Gasteiger partial charge in [-0.3, -0.25) is 9.88 Å². The summed E-state index contributed by atoms with van der Waals surface area (Å²) in [4.78, 5) is 42.6. The number of pyridine rings is 1. The van der Waals surface area contributed by atoms with E-state index in [1.54, 1.807) is 6.20 Å². The molecule has 3 heterocycles. The minimum atomic E-state index is -5.08. The highest BCUT2D eigenvalue weighted by Gasteiger charge is 2.39. The summed E-state index contributed by atoms with van der Waals surface area (Å²) >= 11 is 0. The lowest BCUT2D eigenvalue weighted by atomic mass is 10.2. The standard InChI is InChI=1S/C17H23N5O.3C2HF3O2/c1-13(2)20-16-6-8-19-17(21-16)15-12-23-10-9-22(15)11-14-5-3-4-7-18-14;3*3-2(4,5)1(6)7/h3-8,13,15H,9-12H2,1-2H3,(H,19,20,21);3*(H,6,7). The van der Waals surface area contributed by atoms with Crippen molar-refractivity contribution in [3.8, 4) is 0 Å². The summed E-state index contributed by atoms with van der Waals surface area (Å²) in [6.07, 6.45) is -11.6. The summed E-state index contributed by atoms with van der Waals surface area (Å²) in [5.41, 5.74) is 1.05. The first-order chi connectivity index (χ1) is 20.1. The van der Waals surface area contributed by atoms with Gasteiger partial charge < -0.3 is 25.4 Å². The van der Waals surface area contributed by atoms with Gasteiger partial charge in [-0.05, 0) is 32.0 Å². The van der Waals surface area contributed by atoms with E-state index in [9.17, 15) is 39.5 Å². The molecule has 0 aliphatic carbocycles. The van der Waals surface area contributed by atoms with E-state index in [0.717, 1.165) is 37.0 Å². The largest absolute Gasteiger partial charge is 0.490 e. The Morgan fingerprint density at radius 1 is 0.886 bits per heavy atom. The number of nitrogens with zero attached hydrogens (tertiary/aromatic N) is 4. The van der Waals surface area contributed by atoms with Crippen molar-refractivity contribution in [2.75, 3.05) is 25.1 Å². The Morgan fingerprint density at radius 3 is 1.80 bits per heavy atom. The van der Waals surface area contributed by atoms with Crippen LogP contribution in [0, 0.1) is 0 Å². The maximum atomic E-state index is 10.6. The van der Waals surface area contributed by atoms with E-state index in [4.69, 9.17) is 34.4 Å². The molecule has 2 aromatic rings. The highest BCUT2D eigenvalue weighted by atomic mass is 19.4. The summed E-state index contributed by atoms with van der Waals surface area (Å²) < 4.78 is 101. The number of aliphatic carboxylic acids is 3. The first kappa shape index (κ1) is 39.7. The predicted octanol–water partition coefficient (Wildman–Crippen LogP) is 4.17. The fourth-order valence-corrected chi connectivity index (χ4v) is 2.68. The third-order valence-corrected chi connectivity index (χ3v) is 4.47. The summed E-state index contributed by atoms with van der Waals surface area (Å²) in [7, 11) is 0. The van der Waals surface area contributed by atoms with Crippen molar-refractivity contribution in [2.45, 2.75) is 51.0 Å². The normalized spacial score (nSPS) is 15.3. The molecule has 0 spiro atoms. The van der Waals surface area contributed by atoms with Crippen LogP contribution >= 0.6 is 0 Å². The molecular weight excluding hydrogens is 629 g/mol. The number of rotatable bonds is 5. The van der Waals surface area contributed by atoms with E-state index in [-0.39, 0.29) is 6.04 Å². The van der Waals surface area contributed by atoms with E-state index in [2.05, 4.69) is 39.0 Å². The fourth-order valence-electron chi connectivity index (χ4n) is 2.68. The van der Waals surface area contributed by atoms with Gasteiger partial charge in [0.2, 0.25) is 0 Å². The van der Waals surface area contributed by atoms with Crippen molar-refractivity contribution in [3.63, 3.8) is 0 Å². The number of anilines is 1. The first-order valence-electron chi connectivity index (χ1n) is 11.8. The fraction of sp³-hybridized carbons (Fsp3) is 0.478. The van der Waals surface area contributed by atoms with Crippen LogP contribution in [0.3, 0.4) is 0 Å². The molecule has 3 rings (SSSR count). The van der Waals surface area contributed by atoms with E-state index in [1.807, 2.05) is 30.5 Å². The number of hydrogen-bond donors (Lipinski definition) is 4. The number of morpholine rings is 1. The predicted molar refractivity (Wildman–Crippen MR) is 130 cm³/mol. The van der Waals surface area contributed by atoms with Gasteiger partial charge >= 0.3 is 36.4 Å². The van der Waals surface area contributed by atoms with Gasteiger partial charge in [0.05, 0.1) is 24.9 Å². The van der Waals surface area contributed by atoms with Crippen LogP contribution in [0.1, 0.15) is 31.4 Å². The van der Waals surface area contributed by atoms with Crippen molar-refractivity contribution in [1.82, 2.24) is 19.9 Å². The third kappa shape index (κ3) is 17.0. The maximum absolute atomic E-state index is 10.6. The zero-order valence-corrected chi connectivity index (χ0v) is 22.6. The number of aromatic nitrogens is 3. The SMILES string of the molecule is CC(C)Nc1ccnc(C2COCCN2Cc2ccccn2)n1.O=C(O)C(F)(F)F.O=C(O)C(F)(F)F.O=C(O)C(F)(F)F. The summed E-state index contributed by atoms with van der Waals surface area (Å²) in [5, 5.41) is 24.7. The second-order valence-corrected chi connectivity index (χ2v) is 8.39. The Balaban J connectivity index is 0.000000721. The first-order valence-corrected chi connectivity index (χ1v) is 11.8. The number of carbonyl (C=O) groups is 3. The Kier molecular flexibility index (Phi) is 16.0. The van der Waals surface area contributed by atoms with Crippen LogP contribution in [0.25, 0.3) is 0 Å². The van der Waals surface area contributed by atoms with Crippen molar-refractivity contribution in [2.24, 2.45) is 0 Å². The lowest BCUT2D eigenvalue weighted by molar-refractivity contribution is -0.193. The summed E-state index contributed by atoms with van der Waals surface area (Å²) in [6.45, 7) is 7.16. The molecule has 44 heavy (non-hydrogen) atoms. The van der Waals surface area contributed by atoms with Gasteiger partial charge in [0, 0.05) is 31.5 Å². The monoisotopic (exact) mass is 655 g/mol. The molecule has 1 fully saturated rings. The molecule has 4 N–H and O–H groups in total. The van der Waals surface area contributed by atoms with Gasteiger partial charge in [-0.15, -0.1) is 0 Å². The maximum Gasteiger partial charge on any atom is 0.490 e. The van der Waals surface area contributed by atoms with E-state index in [0.29, 0.717) is 12.6 Å². The average molecular weight is 655 g/mol. The quantitative estimate of drug-likeness (QED) is 0.339. The molecule has 1 saturated heterocycles. The lowest BCUT2D eigenvalue weighted by Gasteiger charge is -2.34. The Labute approximate surface area is 242 Å². The number of carboxylic acid groups (broad SMARTS) is 3. The molecule has 1 aliphatic rings. The highest BCUT2D eigenvalue weighted by molar-refractivity contribution is 5.73. The van der Waals surface area contributed by atoms with Crippen molar-refractivity contribution < 1.29 is 74.0 Å². The van der Waals surface area contributed by atoms with Crippen molar-refractivity contribution >= 4 is 23.7 Å². The minimum Gasteiger partial charge on any atom is -0.475 e. The number of halogens is 9. The van der Waals surface area contributed by atoms with Gasteiger partial charge in [0.25, 0.3) is 0 Å². The zero-order chi connectivity index (χ0) is 34.3. The molecule has 248 valence electrons. The van der Waals surface area contributed by atoms with Crippen LogP contribution in [-0.4, -0.2) is 97.4 Å². The van der Waals surface area contributed by atoms with Gasteiger partial charge in [0.1, 0.15) is 11.6 Å². The second kappa shape index (κ2) is 17.8. The molecule has 0 aromatic carbocycles. The lowest BCUT2D eigenvalue weighted by Crippen LogP contribution is -2.40. The number of alkyl halides is 9. The van der Waals surface area contributed by atoms with Crippen LogP contribution in [0.15, 0.2) is 36.7 Å². The van der Waals surface area contributed by atoms with Gasteiger partial charge in [-0.1, -0.05) is 6.07 Å². The van der Waals surface area contributed by atoms with Gasteiger partial charge in [0.15, 0.2) is 0 Å². The number of nitrogens with one attached hydrogen (secondary N) is 1. The molecule has 21 heteroatoms. The molecule has 0 radical (unpaired) electrons. The van der Waals surface area contributed by atoms with Crippen LogP contribution in [0.2, 0.25) is 0 Å². The average Bonchev–Trinajstić information content (AvgIpc) is 2.89. The second-order valence-electron chi connectivity index (χ2n) is 8.39. The smallest absolute Gasteiger partial charge is 0.475 e. The Morgan fingerprint density at radius 2 is 1.39 bits per heavy atom. The molecule has 1 unspecified atom stereocenters. The van der Waals surface area contributed by atoms with E-state index in [1.165, 1.54) is 0 Å². The minimum absolute atomic E-state index is 0.0552. The van der Waals surface area contributed by atoms with Crippen LogP contribution in [0.5, 0.6) is 0 Å². The van der Waals surface area contributed by atoms with Gasteiger partial charge in [-0.25, -0.2) is 24.4 Å². The van der Waals surface area contributed by atoms with E-state index < -0.39 is 36.4 Å². The zero-order valence-electron chi connectivity index (χ0n) is 22.6. The van der Waals surface area contributed by atoms with Crippen molar-refractivity contribution in [3.05, 3.63) is 48.2 Å². The molecule has 0 amide bonds. The summed E-state index contributed by atoms with van der Waals surface area (Å²) in [5.74, 6) is -6.62. The van der Waals surface area contributed by atoms with E-state index >= 15 is 0 Å². The topological polar surface area (TPSA) is 175 Å². The molecule has 12 nitrogen and oxygen atoms in total. The molecule has 0 saturated carbocycles. The molecule has 2 aromatic heterocycles. The Bertz CT molecular complexity index is 1120. The number of hydrogen-bond acceptors (Lipinski definition) is 9. The number of carboxylic acids is 3. The molecule has 0 bridgehead atoms. The van der Waals surface area contributed by atoms with Gasteiger partial charge in [-0.2, -0.15) is 39.5 Å².